The number of fused-ring (bicyclic) bond motifs is 9. The summed E-state index contributed by atoms with van der Waals surface area (Å²) in [4.78, 5) is 0. The summed E-state index contributed by atoms with van der Waals surface area (Å²) in [5, 5.41) is 10.4. The molecule has 0 unspecified atom stereocenters. The zero-order valence-electron chi connectivity index (χ0n) is 26.8. The molecule has 0 N–H and O–H groups in total. The molecule has 0 saturated heterocycles. The van der Waals surface area contributed by atoms with Crippen molar-refractivity contribution in [3.05, 3.63) is 188 Å². The fraction of sp³-hybridized carbons (Fsp3) is 0. The second-order valence-corrected chi connectivity index (χ2v) is 12.9. The Morgan fingerprint density at radius 2 is 0.612 bits per heavy atom. The van der Waals surface area contributed by atoms with Crippen LogP contribution in [0.2, 0.25) is 0 Å². The van der Waals surface area contributed by atoms with Gasteiger partial charge in [-0.2, -0.15) is 0 Å². The van der Waals surface area contributed by atoms with Crippen LogP contribution in [0.4, 0.5) is 0 Å². The van der Waals surface area contributed by atoms with Crippen molar-refractivity contribution >= 4 is 54.1 Å². The van der Waals surface area contributed by atoms with Crippen molar-refractivity contribution in [3.63, 3.8) is 0 Å². The van der Waals surface area contributed by atoms with E-state index in [1.54, 1.807) is 0 Å². The summed E-state index contributed by atoms with van der Waals surface area (Å²) in [6.07, 6.45) is 0. The maximum absolute atomic E-state index is 2.38. The van der Waals surface area contributed by atoms with Gasteiger partial charge in [0.15, 0.2) is 0 Å². The summed E-state index contributed by atoms with van der Waals surface area (Å²) in [6, 6.07) is 68.7. The van der Waals surface area contributed by atoms with Crippen LogP contribution in [0.25, 0.3) is 93.2 Å². The molecule has 0 atom stereocenters. The van der Waals surface area contributed by atoms with Crippen LogP contribution in [0.15, 0.2) is 188 Å². The van der Waals surface area contributed by atoms with Gasteiger partial charge in [-0.15, -0.1) is 0 Å². The van der Waals surface area contributed by atoms with Crippen molar-refractivity contribution in [1.29, 1.82) is 0 Å². The Bertz CT molecular complexity index is 2780. The largest absolute Gasteiger partial charge is 0.309 e. The molecule has 9 aromatic carbocycles. The highest BCUT2D eigenvalue weighted by Gasteiger charge is 2.13. The van der Waals surface area contributed by atoms with Crippen molar-refractivity contribution in [1.82, 2.24) is 4.57 Å². The molecule has 0 aliphatic rings. The molecule has 0 amide bonds. The lowest BCUT2D eigenvalue weighted by atomic mass is 9.91. The minimum atomic E-state index is 1.17. The van der Waals surface area contributed by atoms with Crippen LogP contribution in [0.3, 0.4) is 0 Å². The first-order valence-electron chi connectivity index (χ1n) is 16.9. The monoisotopic (exact) mass is 621 g/mol. The van der Waals surface area contributed by atoms with Crippen molar-refractivity contribution in [2.24, 2.45) is 0 Å². The summed E-state index contributed by atoms with van der Waals surface area (Å²) < 4.78 is 2.38. The molecular formula is C48H31N. The molecular weight excluding hydrogens is 591 g/mol. The fourth-order valence-corrected chi connectivity index (χ4v) is 7.85. The highest BCUT2D eigenvalue weighted by Crippen LogP contribution is 2.38. The van der Waals surface area contributed by atoms with Gasteiger partial charge < -0.3 is 4.57 Å². The SMILES string of the molecule is c1cc(-c2ccc(-c3ccc4c5ccccc5c5ccccc5c4c3)cc2)cc(-c2cccc(-n3c4ccccc4c4ccccc43)c2)c1. The number of para-hydroxylation sites is 2. The molecule has 1 aromatic heterocycles. The van der Waals surface area contributed by atoms with E-state index in [9.17, 15) is 0 Å². The van der Waals surface area contributed by atoms with Crippen LogP contribution in [-0.2, 0) is 0 Å². The normalized spacial score (nSPS) is 11.7. The topological polar surface area (TPSA) is 4.93 Å². The number of aromatic nitrogens is 1. The molecule has 49 heavy (non-hydrogen) atoms. The average Bonchev–Trinajstić information content (AvgIpc) is 3.52. The van der Waals surface area contributed by atoms with E-state index in [0.717, 1.165) is 0 Å². The molecule has 0 aliphatic carbocycles. The van der Waals surface area contributed by atoms with Crippen molar-refractivity contribution < 1.29 is 0 Å². The summed E-state index contributed by atoms with van der Waals surface area (Å²) in [5.41, 5.74) is 10.9. The first-order chi connectivity index (χ1) is 24.3. The molecule has 0 bridgehead atoms. The predicted molar refractivity (Wildman–Crippen MR) is 210 cm³/mol. The molecule has 1 heteroatoms. The van der Waals surface area contributed by atoms with Gasteiger partial charge in [0.2, 0.25) is 0 Å². The first-order valence-corrected chi connectivity index (χ1v) is 16.9. The van der Waals surface area contributed by atoms with E-state index in [4.69, 9.17) is 0 Å². The highest BCUT2D eigenvalue weighted by atomic mass is 15.0. The minimum Gasteiger partial charge on any atom is -0.309 e. The second kappa shape index (κ2) is 11.1. The average molecular weight is 622 g/mol. The smallest absolute Gasteiger partial charge is 0.0541 e. The van der Waals surface area contributed by atoms with Crippen LogP contribution in [-0.4, -0.2) is 4.57 Å². The summed E-state index contributed by atoms with van der Waals surface area (Å²) in [6.45, 7) is 0. The Hall–Kier alpha value is -6.44. The van der Waals surface area contributed by atoms with Gasteiger partial charge in [0, 0.05) is 16.5 Å². The summed E-state index contributed by atoms with van der Waals surface area (Å²) in [7, 11) is 0. The zero-order valence-corrected chi connectivity index (χ0v) is 26.8. The third-order valence-electron chi connectivity index (χ3n) is 10.2. The Kier molecular flexibility index (Phi) is 6.25. The number of nitrogens with zero attached hydrogens (tertiary/aromatic N) is 1. The highest BCUT2D eigenvalue weighted by molar-refractivity contribution is 6.25. The molecule has 0 spiro atoms. The lowest BCUT2D eigenvalue weighted by Crippen LogP contribution is -1.94. The molecule has 10 aromatic rings. The Balaban J connectivity index is 1.01. The van der Waals surface area contributed by atoms with E-state index in [0.29, 0.717) is 0 Å². The van der Waals surface area contributed by atoms with Crippen molar-refractivity contribution in [2.45, 2.75) is 0 Å². The standard InChI is InChI=1S/C48H31N/c1-2-17-41-39(15-1)40-16-3-4-18-42(40)46-31-37(27-28-43(41)46)33-25-23-32(24-26-33)34-11-9-12-35(29-34)36-13-10-14-38(30-36)49-47-21-7-5-19-44(47)45-20-6-8-22-48(45)49/h1-31H. The zero-order chi connectivity index (χ0) is 32.3. The van der Waals surface area contributed by atoms with E-state index in [1.807, 2.05) is 0 Å². The Morgan fingerprint density at radius 3 is 1.18 bits per heavy atom. The van der Waals surface area contributed by atoms with E-state index >= 15 is 0 Å². The quantitative estimate of drug-likeness (QED) is 0.172. The fourth-order valence-electron chi connectivity index (χ4n) is 7.85. The van der Waals surface area contributed by atoms with Gasteiger partial charge in [-0.05, 0) is 102 Å². The summed E-state index contributed by atoms with van der Waals surface area (Å²) in [5.74, 6) is 0. The molecule has 0 saturated carbocycles. The van der Waals surface area contributed by atoms with Crippen LogP contribution >= 0.6 is 0 Å². The van der Waals surface area contributed by atoms with Crippen molar-refractivity contribution in [2.75, 3.05) is 0 Å². The van der Waals surface area contributed by atoms with Gasteiger partial charge >= 0.3 is 0 Å². The van der Waals surface area contributed by atoms with Gasteiger partial charge in [-0.25, -0.2) is 0 Å². The molecule has 10 rings (SSSR count). The number of rotatable bonds is 4. The first kappa shape index (κ1) is 27.7. The minimum absolute atomic E-state index is 1.17. The molecule has 0 aliphatic heterocycles. The molecule has 1 heterocycles. The third-order valence-corrected chi connectivity index (χ3v) is 10.2. The molecule has 228 valence electrons. The number of benzene rings is 9. The van der Waals surface area contributed by atoms with Crippen LogP contribution < -0.4 is 0 Å². The predicted octanol–water partition coefficient (Wildman–Crippen LogP) is 13.2. The van der Waals surface area contributed by atoms with Gasteiger partial charge in [-0.1, -0.05) is 152 Å². The number of hydrogen-bond acceptors (Lipinski definition) is 0. The van der Waals surface area contributed by atoms with E-state index in [2.05, 4.69) is 193 Å². The van der Waals surface area contributed by atoms with Crippen molar-refractivity contribution in [3.8, 4) is 39.1 Å². The third kappa shape index (κ3) is 4.47. The lowest BCUT2D eigenvalue weighted by Gasteiger charge is -2.13. The maximum Gasteiger partial charge on any atom is 0.0541 e. The van der Waals surface area contributed by atoms with E-state index < -0.39 is 0 Å². The van der Waals surface area contributed by atoms with Gasteiger partial charge in [0.1, 0.15) is 0 Å². The Morgan fingerprint density at radius 1 is 0.224 bits per heavy atom. The van der Waals surface area contributed by atoms with Gasteiger partial charge in [0.25, 0.3) is 0 Å². The maximum atomic E-state index is 2.38. The van der Waals surface area contributed by atoms with Gasteiger partial charge in [-0.3, -0.25) is 0 Å². The van der Waals surface area contributed by atoms with Gasteiger partial charge in [0.05, 0.1) is 11.0 Å². The molecule has 0 radical (unpaired) electrons. The lowest BCUT2D eigenvalue weighted by molar-refractivity contribution is 1.18. The van der Waals surface area contributed by atoms with E-state index in [1.165, 1.54) is 93.2 Å². The van der Waals surface area contributed by atoms with E-state index in [-0.39, 0.29) is 0 Å². The summed E-state index contributed by atoms with van der Waals surface area (Å²) >= 11 is 0. The number of hydrogen-bond donors (Lipinski definition) is 0. The second-order valence-electron chi connectivity index (χ2n) is 12.9. The molecule has 1 nitrogen and oxygen atoms in total. The molecule has 0 fully saturated rings. The van der Waals surface area contributed by atoms with Crippen LogP contribution in [0.1, 0.15) is 0 Å². The van der Waals surface area contributed by atoms with Crippen LogP contribution in [0, 0.1) is 0 Å². The van der Waals surface area contributed by atoms with Crippen LogP contribution in [0.5, 0.6) is 0 Å². The Labute approximate surface area is 284 Å².